The van der Waals surface area contributed by atoms with Crippen LogP contribution in [0.4, 0.5) is 5.69 Å². The minimum absolute atomic E-state index is 0.120. The Labute approximate surface area is 75.9 Å². The standard InChI is InChI=1S/C9H11NO3/c1-13-5-6-3-2-4-7(8(6)10)9(11)12/h2-4H,5,10H2,1H3,(H,11,12). The van der Waals surface area contributed by atoms with Crippen molar-refractivity contribution >= 4 is 11.7 Å². The summed E-state index contributed by atoms with van der Waals surface area (Å²) in [6.07, 6.45) is 0. The third-order valence-electron chi connectivity index (χ3n) is 1.73. The quantitative estimate of drug-likeness (QED) is 0.685. The summed E-state index contributed by atoms with van der Waals surface area (Å²) in [6.45, 7) is 0.326. The smallest absolute Gasteiger partial charge is 0.337 e. The lowest BCUT2D eigenvalue weighted by Crippen LogP contribution is -2.05. The van der Waals surface area contributed by atoms with E-state index in [0.29, 0.717) is 12.2 Å². The zero-order valence-electron chi connectivity index (χ0n) is 7.28. The Hall–Kier alpha value is -1.55. The fourth-order valence-electron chi connectivity index (χ4n) is 1.08. The van der Waals surface area contributed by atoms with Crippen LogP contribution in [0.1, 0.15) is 15.9 Å². The van der Waals surface area contributed by atoms with E-state index < -0.39 is 5.97 Å². The number of anilines is 1. The molecule has 0 fully saturated rings. The zero-order valence-corrected chi connectivity index (χ0v) is 7.28. The summed E-state index contributed by atoms with van der Waals surface area (Å²) in [5.41, 5.74) is 6.70. The van der Waals surface area contributed by atoms with E-state index in [2.05, 4.69) is 0 Å². The summed E-state index contributed by atoms with van der Waals surface area (Å²) in [7, 11) is 1.53. The van der Waals surface area contributed by atoms with Gasteiger partial charge < -0.3 is 15.6 Å². The number of ether oxygens (including phenoxy) is 1. The molecule has 0 saturated heterocycles. The van der Waals surface area contributed by atoms with Crippen LogP contribution in [-0.2, 0) is 11.3 Å². The number of methoxy groups -OCH3 is 1. The van der Waals surface area contributed by atoms with Crippen LogP contribution in [0, 0.1) is 0 Å². The number of para-hydroxylation sites is 1. The van der Waals surface area contributed by atoms with Gasteiger partial charge in [-0.3, -0.25) is 0 Å². The second-order valence-corrected chi connectivity index (χ2v) is 2.62. The van der Waals surface area contributed by atoms with E-state index in [1.54, 1.807) is 12.1 Å². The molecule has 0 radical (unpaired) electrons. The lowest BCUT2D eigenvalue weighted by atomic mass is 10.1. The van der Waals surface area contributed by atoms with Crippen LogP contribution in [0.5, 0.6) is 0 Å². The Balaban J connectivity index is 3.10. The van der Waals surface area contributed by atoms with Gasteiger partial charge in [-0.15, -0.1) is 0 Å². The summed E-state index contributed by atoms with van der Waals surface area (Å²) >= 11 is 0. The van der Waals surface area contributed by atoms with E-state index in [0.717, 1.165) is 0 Å². The second-order valence-electron chi connectivity index (χ2n) is 2.62. The lowest BCUT2D eigenvalue weighted by molar-refractivity contribution is 0.0698. The van der Waals surface area contributed by atoms with Gasteiger partial charge in [0.05, 0.1) is 17.9 Å². The topological polar surface area (TPSA) is 72.5 Å². The third kappa shape index (κ3) is 1.97. The fraction of sp³-hybridized carbons (Fsp3) is 0.222. The molecule has 0 saturated carbocycles. The molecule has 0 atom stereocenters. The average molecular weight is 181 g/mol. The number of nitrogen functional groups attached to an aromatic ring is 1. The molecular weight excluding hydrogens is 170 g/mol. The predicted molar refractivity (Wildman–Crippen MR) is 48.5 cm³/mol. The highest BCUT2D eigenvalue weighted by Crippen LogP contribution is 2.17. The van der Waals surface area contributed by atoms with Crippen LogP contribution >= 0.6 is 0 Å². The number of carboxylic acids is 1. The molecule has 3 N–H and O–H groups in total. The summed E-state index contributed by atoms with van der Waals surface area (Å²) < 4.78 is 4.87. The average Bonchev–Trinajstić information content (AvgIpc) is 2.08. The molecule has 1 aromatic carbocycles. The third-order valence-corrected chi connectivity index (χ3v) is 1.73. The van der Waals surface area contributed by atoms with Gasteiger partial charge in [-0.05, 0) is 6.07 Å². The first kappa shape index (κ1) is 9.54. The number of nitrogens with two attached hydrogens (primary N) is 1. The predicted octanol–water partition coefficient (Wildman–Crippen LogP) is 1.11. The van der Waals surface area contributed by atoms with Gasteiger partial charge >= 0.3 is 5.97 Å². The number of aromatic carboxylic acids is 1. The molecule has 0 aliphatic rings. The summed E-state index contributed by atoms with van der Waals surface area (Å²) in [4.78, 5) is 10.7. The Morgan fingerprint density at radius 1 is 1.62 bits per heavy atom. The molecule has 1 aromatic rings. The molecule has 1 rings (SSSR count). The molecule has 0 aromatic heterocycles. The summed E-state index contributed by atoms with van der Waals surface area (Å²) in [5, 5.41) is 8.74. The van der Waals surface area contributed by atoms with E-state index in [1.807, 2.05) is 0 Å². The van der Waals surface area contributed by atoms with Crippen molar-refractivity contribution in [1.29, 1.82) is 0 Å². The molecule has 0 aliphatic carbocycles. The molecule has 0 unspecified atom stereocenters. The van der Waals surface area contributed by atoms with Crippen LogP contribution in [0.25, 0.3) is 0 Å². The number of hydrogen-bond donors (Lipinski definition) is 2. The number of carbonyl (C=O) groups is 1. The van der Waals surface area contributed by atoms with Gasteiger partial charge in [0.25, 0.3) is 0 Å². The van der Waals surface area contributed by atoms with E-state index in [-0.39, 0.29) is 11.3 Å². The van der Waals surface area contributed by atoms with Crippen molar-refractivity contribution < 1.29 is 14.6 Å². The normalized spacial score (nSPS) is 9.92. The fourth-order valence-corrected chi connectivity index (χ4v) is 1.08. The highest BCUT2D eigenvalue weighted by atomic mass is 16.5. The maximum absolute atomic E-state index is 10.7. The van der Waals surface area contributed by atoms with Crippen molar-refractivity contribution in [3.05, 3.63) is 29.3 Å². The van der Waals surface area contributed by atoms with Crippen LogP contribution in [-0.4, -0.2) is 18.2 Å². The van der Waals surface area contributed by atoms with Crippen molar-refractivity contribution in [3.8, 4) is 0 Å². The van der Waals surface area contributed by atoms with Crippen molar-refractivity contribution in [2.75, 3.05) is 12.8 Å². The van der Waals surface area contributed by atoms with Crippen molar-refractivity contribution in [2.24, 2.45) is 0 Å². The summed E-state index contributed by atoms with van der Waals surface area (Å²) in [6, 6.07) is 4.86. The molecule has 0 amide bonds. The van der Waals surface area contributed by atoms with E-state index >= 15 is 0 Å². The molecule has 13 heavy (non-hydrogen) atoms. The molecule has 0 bridgehead atoms. The van der Waals surface area contributed by atoms with Crippen LogP contribution in [0.15, 0.2) is 18.2 Å². The number of carboxylic acid groups (broad SMARTS) is 1. The Bertz CT molecular complexity index is 323. The maximum Gasteiger partial charge on any atom is 0.337 e. The minimum Gasteiger partial charge on any atom is -0.478 e. The van der Waals surface area contributed by atoms with Gasteiger partial charge in [0.1, 0.15) is 0 Å². The highest BCUT2D eigenvalue weighted by Gasteiger charge is 2.09. The molecule has 0 heterocycles. The number of rotatable bonds is 3. The molecule has 0 spiro atoms. The van der Waals surface area contributed by atoms with Crippen molar-refractivity contribution in [3.63, 3.8) is 0 Å². The Morgan fingerprint density at radius 3 is 2.85 bits per heavy atom. The van der Waals surface area contributed by atoms with E-state index in [9.17, 15) is 4.79 Å². The van der Waals surface area contributed by atoms with Crippen LogP contribution in [0.2, 0.25) is 0 Å². The Kier molecular flexibility index (Phi) is 2.87. The SMILES string of the molecule is COCc1cccc(C(=O)O)c1N. The monoisotopic (exact) mass is 181 g/mol. The highest BCUT2D eigenvalue weighted by molar-refractivity contribution is 5.94. The Morgan fingerprint density at radius 2 is 2.31 bits per heavy atom. The molecule has 0 aliphatic heterocycles. The second kappa shape index (κ2) is 3.91. The molecule has 70 valence electrons. The van der Waals surface area contributed by atoms with Crippen LogP contribution in [0.3, 0.4) is 0 Å². The zero-order chi connectivity index (χ0) is 9.84. The van der Waals surface area contributed by atoms with Gasteiger partial charge in [-0.2, -0.15) is 0 Å². The first-order valence-corrected chi connectivity index (χ1v) is 3.76. The number of benzene rings is 1. The molecular formula is C9H11NO3. The minimum atomic E-state index is -1.02. The molecule has 4 nitrogen and oxygen atoms in total. The molecule has 4 heteroatoms. The first-order chi connectivity index (χ1) is 6.16. The maximum atomic E-state index is 10.7. The first-order valence-electron chi connectivity index (χ1n) is 3.76. The van der Waals surface area contributed by atoms with Gasteiger partial charge in [-0.25, -0.2) is 4.79 Å². The van der Waals surface area contributed by atoms with Crippen LogP contribution < -0.4 is 5.73 Å². The van der Waals surface area contributed by atoms with E-state index in [4.69, 9.17) is 15.6 Å². The summed E-state index contributed by atoms with van der Waals surface area (Å²) in [5.74, 6) is -1.02. The number of hydrogen-bond acceptors (Lipinski definition) is 3. The van der Waals surface area contributed by atoms with Gasteiger partial charge in [-0.1, -0.05) is 12.1 Å². The van der Waals surface area contributed by atoms with E-state index in [1.165, 1.54) is 13.2 Å². The van der Waals surface area contributed by atoms with Crippen molar-refractivity contribution in [2.45, 2.75) is 6.61 Å². The lowest BCUT2D eigenvalue weighted by Gasteiger charge is -2.06. The van der Waals surface area contributed by atoms with Gasteiger partial charge in [0.2, 0.25) is 0 Å². The van der Waals surface area contributed by atoms with Gasteiger partial charge in [0, 0.05) is 12.7 Å². The largest absolute Gasteiger partial charge is 0.478 e. The van der Waals surface area contributed by atoms with Gasteiger partial charge in [0.15, 0.2) is 0 Å². The van der Waals surface area contributed by atoms with Crippen molar-refractivity contribution in [1.82, 2.24) is 0 Å².